The fraction of sp³-hybridized carbons (Fsp3) is 0. The number of benzene rings is 3. The summed E-state index contributed by atoms with van der Waals surface area (Å²) in [5.41, 5.74) is 1.76. The Morgan fingerprint density at radius 3 is 2.13 bits per heavy atom. The Labute approximate surface area is 142 Å². The van der Waals surface area contributed by atoms with Crippen LogP contribution in [0.1, 0.15) is 0 Å². The monoisotopic (exact) mass is 340 g/mol. The van der Waals surface area contributed by atoms with Crippen LogP contribution in [0.25, 0.3) is 0 Å². The summed E-state index contributed by atoms with van der Waals surface area (Å²) < 4.78 is 18.6. The van der Waals surface area contributed by atoms with Crippen LogP contribution in [0.3, 0.4) is 0 Å². The second kappa shape index (κ2) is 7.85. The van der Waals surface area contributed by atoms with E-state index in [1.165, 1.54) is 0 Å². The van der Waals surface area contributed by atoms with Crippen molar-refractivity contribution in [2.24, 2.45) is 0 Å². The van der Waals surface area contributed by atoms with Gasteiger partial charge in [-0.3, -0.25) is 0 Å². The number of anilines is 2. The number of nitrogens with one attached hydrogen (secondary N) is 2. The second-order valence-corrected chi connectivity index (χ2v) is 6.87. The molecule has 0 radical (unpaired) electrons. The van der Waals surface area contributed by atoms with Crippen LogP contribution in [-0.4, -0.2) is 4.21 Å². The van der Waals surface area contributed by atoms with E-state index in [0.717, 1.165) is 21.2 Å². The molecule has 1 unspecified atom stereocenters. The predicted molar refractivity (Wildman–Crippen MR) is 98.8 cm³/mol. The van der Waals surface area contributed by atoms with Crippen LogP contribution in [-0.2, 0) is 11.0 Å². The molecule has 0 saturated carbocycles. The average Bonchev–Trinajstić information content (AvgIpc) is 2.62. The highest BCUT2D eigenvalue weighted by Crippen LogP contribution is 2.23. The molecule has 0 fully saturated rings. The molecule has 116 valence electrons. The number of hydrogen-bond acceptors (Lipinski definition) is 3. The van der Waals surface area contributed by atoms with Gasteiger partial charge in [0.1, 0.15) is 11.0 Å². The van der Waals surface area contributed by atoms with Crippen molar-refractivity contribution in [3.8, 4) is 0 Å². The Morgan fingerprint density at radius 1 is 0.739 bits per heavy atom. The van der Waals surface area contributed by atoms with Gasteiger partial charge in [-0.25, -0.2) is 4.21 Å². The Balaban J connectivity index is 1.64. The van der Waals surface area contributed by atoms with Crippen molar-refractivity contribution in [2.75, 3.05) is 9.44 Å². The first-order chi connectivity index (χ1) is 11.3. The molecule has 23 heavy (non-hydrogen) atoms. The summed E-state index contributed by atoms with van der Waals surface area (Å²) in [6.07, 6.45) is 0. The Hall–Kier alpha value is -2.24. The zero-order valence-corrected chi connectivity index (χ0v) is 13.9. The van der Waals surface area contributed by atoms with Gasteiger partial charge in [-0.15, -0.1) is 0 Å². The normalized spacial score (nSPS) is 11.7. The van der Waals surface area contributed by atoms with Gasteiger partial charge in [-0.2, -0.15) is 0 Å². The van der Waals surface area contributed by atoms with E-state index in [2.05, 4.69) is 9.44 Å². The third kappa shape index (κ3) is 4.61. The molecule has 0 saturated heterocycles. The fourth-order valence-electron chi connectivity index (χ4n) is 1.96. The van der Waals surface area contributed by atoms with Crippen LogP contribution >= 0.6 is 11.9 Å². The lowest BCUT2D eigenvalue weighted by Gasteiger charge is -2.09. The summed E-state index contributed by atoms with van der Waals surface area (Å²) in [7, 11) is -1.27. The van der Waals surface area contributed by atoms with Gasteiger partial charge in [0.2, 0.25) is 0 Å². The minimum absolute atomic E-state index is 0.754. The third-order valence-electron chi connectivity index (χ3n) is 3.06. The van der Waals surface area contributed by atoms with Crippen LogP contribution in [0.4, 0.5) is 11.4 Å². The molecule has 0 aliphatic heterocycles. The molecule has 0 heterocycles. The highest BCUT2D eigenvalue weighted by atomic mass is 32.2. The molecule has 3 rings (SSSR count). The van der Waals surface area contributed by atoms with Crippen LogP contribution < -0.4 is 9.44 Å². The van der Waals surface area contributed by atoms with E-state index in [1.807, 2.05) is 84.9 Å². The summed E-state index contributed by atoms with van der Waals surface area (Å²) in [6.45, 7) is 0. The van der Waals surface area contributed by atoms with Crippen LogP contribution in [0.15, 0.2) is 94.7 Å². The van der Waals surface area contributed by atoms with Gasteiger partial charge in [-0.05, 0) is 54.4 Å². The summed E-state index contributed by atoms with van der Waals surface area (Å²) in [4.78, 5) is 1.89. The molecule has 0 bridgehead atoms. The first kappa shape index (κ1) is 15.6. The van der Waals surface area contributed by atoms with Gasteiger partial charge in [0.25, 0.3) is 0 Å². The first-order valence-electron chi connectivity index (χ1n) is 7.13. The number of hydrogen-bond donors (Lipinski definition) is 2. The van der Waals surface area contributed by atoms with Gasteiger partial charge < -0.3 is 9.44 Å². The maximum atomic E-state index is 12.3. The molecule has 0 amide bonds. The standard InChI is InChI=1S/C18H16N2OS2/c21-23(18-12-5-2-6-13-18)20-16-9-7-8-15(14-16)19-22-17-10-3-1-4-11-17/h1-14,19-20H. The van der Waals surface area contributed by atoms with Gasteiger partial charge in [0, 0.05) is 16.3 Å². The number of rotatable bonds is 6. The smallest absolute Gasteiger partial charge is 0.150 e. The predicted octanol–water partition coefficient (Wildman–Crippen LogP) is 4.94. The topological polar surface area (TPSA) is 41.1 Å². The van der Waals surface area contributed by atoms with E-state index < -0.39 is 11.0 Å². The van der Waals surface area contributed by atoms with Gasteiger partial charge in [-0.1, -0.05) is 42.5 Å². The van der Waals surface area contributed by atoms with E-state index in [-0.39, 0.29) is 0 Å². The molecule has 0 aliphatic carbocycles. The molecule has 3 nitrogen and oxygen atoms in total. The minimum atomic E-state index is -1.27. The third-order valence-corrected chi connectivity index (χ3v) is 5.03. The molecule has 1 atom stereocenters. The quantitative estimate of drug-likeness (QED) is 0.624. The maximum Gasteiger partial charge on any atom is 0.150 e. The molecule has 5 heteroatoms. The summed E-state index contributed by atoms with van der Waals surface area (Å²) in [6, 6.07) is 27.2. The Bertz CT molecular complexity index is 779. The zero-order chi connectivity index (χ0) is 15.9. The average molecular weight is 340 g/mol. The van der Waals surface area contributed by atoms with Crippen LogP contribution in [0, 0.1) is 0 Å². The minimum Gasteiger partial charge on any atom is -0.326 e. The van der Waals surface area contributed by atoms with Crippen molar-refractivity contribution < 1.29 is 4.21 Å². The summed E-state index contributed by atoms with van der Waals surface area (Å²) >= 11 is 1.54. The molecular formula is C18H16N2OS2. The van der Waals surface area contributed by atoms with Crippen molar-refractivity contribution >= 4 is 34.3 Å². The van der Waals surface area contributed by atoms with E-state index in [4.69, 9.17) is 0 Å². The Kier molecular flexibility index (Phi) is 5.34. The fourth-order valence-corrected chi connectivity index (χ4v) is 3.48. The molecular weight excluding hydrogens is 324 g/mol. The second-order valence-electron chi connectivity index (χ2n) is 4.78. The maximum absolute atomic E-state index is 12.3. The van der Waals surface area contributed by atoms with Crippen molar-refractivity contribution in [1.82, 2.24) is 0 Å². The molecule has 3 aromatic rings. The van der Waals surface area contributed by atoms with E-state index in [0.29, 0.717) is 0 Å². The molecule has 3 aromatic carbocycles. The van der Waals surface area contributed by atoms with Gasteiger partial charge in [0.15, 0.2) is 0 Å². The van der Waals surface area contributed by atoms with Crippen molar-refractivity contribution in [2.45, 2.75) is 9.79 Å². The molecule has 0 aromatic heterocycles. The van der Waals surface area contributed by atoms with Crippen molar-refractivity contribution in [3.63, 3.8) is 0 Å². The van der Waals surface area contributed by atoms with E-state index in [1.54, 1.807) is 11.9 Å². The zero-order valence-electron chi connectivity index (χ0n) is 12.3. The SMILES string of the molecule is O=S(Nc1cccc(NSc2ccccc2)c1)c1ccccc1. The van der Waals surface area contributed by atoms with Crippen LogP contribution in [0.2, 0.25) is 0 Å². The lowest BCUT2D eigenvalue weighted by molar-refractivity contribution is 0.686. The highest BCUT2D eigenvalue weighted by molar-refractivity contribution is 8.00. The summed E-state index contributed by atoms with van der Waals surface area (Å²) in [5, 5.41) is 0. The van der Waals surface area contributed by atoms with E-state index >= 15 is 0 Å². The highest BCUT2D eigenvalue weighted by Gasteiger charge is 2.04. The van der Waals surface area contributed by atoms with Crippen LogP contribution in [0.5, 0.6) is 0 Å². The largest absolute Gasteiger partial charge is 0.326 e. The van der Waals surface area contributed by atoms with Crippen molar-refractivity contribution in [3.05, 3.63) is 84.9 Å². The molecule has 0 spiro atoms. The van der Waals surface area contributed by atoms with Gasteiger partial charge >= 0.3 is 0 Å². The lowest BCUT2D eigenvalue weighted by atomic mass is 10.3. The first-order valence-corrected chi connectivity index (χ1v) is 9.09. The Morgan fingerprint density at radius 2 is 1.39 bits per heavy atom. The lowest BCUT2D eigenvalue weighted by Crippen LogP contribution is -2.04. The summed E-state index contributed by atoms with van der Waals surface area (Å²) in [5.74, 6) is 0. The molecule has 0 aliphatic rings. The van der Waals surface area contributed by atoms with Crippen molar-refractivity contribution in [1.29, 1.82) is 0 Å². The van der Waals surface area contributed by atoms with Gasteiger partial charge in [0.05, 0.1) is 4.90 Å². The van der Waals surface area contributed by atoms with E-state index in [9.17, 15) is 4.21 Å². The molecule has 2 N–H and O–H groups in total.